The highest BCUT2D eigenvalue weighted by molar-refractivity contribution is 5.17. The highest BCUT2D eigenvalue weighted by Crippen LogP contribution is 2.11. The first kappa shape index (κ1) is 9.86. The van der Waals surface area contributed by atoms with E-state index in [4.69, 9.17) is 10.2 Å². The SMILES string of the molecule is CC(N)c1nnc(Cc2ccccc2)o1. The van der Waals surface area contributed by atoms with Crippen LogP contribution in [0.4, 0.5) is 0 Å². The van der Waals surface area contributed by atoms with Crippen molar-refractivity contribution in [1.29, 1.82) is 0 Å². The highest BCUT2D eigenvalue weighted by atomic mass is 16.4. The molecule has 4 heteroatoms. The van der Waals surface area contributed by atoms with Gasteiger partial charge in [-0.2, -0.15) is 0 Å². The largest absolute Gasteiger partial charge is 0.423 e. The molecule has 2 rings (SSSR count). The van der Waals surface area contributed by atoms with E-state index in [9.17, 15) is 0 Å². The van der Waals surface area contributed by atoms with Crippen LogP contribution in [0.2, 0.25) is 0 Å². The Hall–Kier alpha value is -1.68. The fraction of sp³-hybridized carbons (Fsp3) is 0.273. The van der Waals surface area contributed by atoms with Crippen LogP contribution in [0.1, 0.15) is 30.3 Å². The number of aromatic nitrogens is 2. The predicted molar refractivity (Wildman–Crippen MR) is 56.1 cm³/mol. The number of rotatable bonds is 3. The van der Waals surface area contributed by atoms with Gasteiger partial charge in [-0.3, -0.25) is 0 Å². The van der Waals surface area contributed by atoms with Crippen LogP contribution < -0.4 is 5.73 Å². The highest BCUT2D eigenvalue weighted by Gasteiger charge is 2.09. The fourth-order valence-corrected chi connectivity index (χ4v) is 1.29. The fourth-order valence-electron chi connectivity index (χ4n) is 1.29. The second kappa shape index (κ2) is 4.23. The minimum absolute atomic E-state index is 0.206. The molecule has 2 aromatic rings. The Balaban J connectivity index is 2.12. The smallest absolute Gasteiger partial charge is 0.232 e. The van der Waals surface area contributed by atoms with Crippen molar-refractivity contribution in [2.24, 2.45) is 5.73 Å². The third-order valence-electron chi connectivity index (χ3n) is 2.07. The molecular weight excluding hydrogens is 190 g/mol. The minimum atomic E-state index is -0.206. The van der Waals surface area contributed by atoms with Crippen molar-refractivity contribution in [3.8, 4) is 0 Å². The Kier molecular flexibility index (Phi) is 2.78. The standard InChI is InChI=1S/C11H13N3O/c1-8(12)11-14-13-10(15-11)7-9-5-3-2-4-6-9/h2-6,8H,7,12H2,1H3. The van der Waals surface area contributed by atoms with Crippen LogP contribution >= 0.6 is 0 Å². The average molecular weight is 203 g/mol. The van der Waals surface area contributed by atoms with Crippen molar-refractivity contribution >= 4 is 0 Å². The Bertz CT molecular complexity index is 422. The van der Waals surface area contributed by atoms with Gasteiger partial charge in [-0.15, -0.1) is 10.2 Å². The van der Waals surface area contributed by atoms with Crippen molar-refractivity contribution in [2.45, 2.75) is 19.4 Å². The third-order valence-corrected chi connectivity index (χ3v) is 2.07. The van der Waals surface area contributed by atoms with Crippen molar-refractivity contribution in [1.82, 2.24) is 10.2 Å². The Morgan fingerprint density at radius 1 is 1.27 bits per heavy atom. The van der Waals surface area contributed by atoms with Gasteiger partial charge in [0.25, 0.3) is 0 Å². The van der Waals surface area contributed by atoms with Crippen LogP contribution in [0.15, 0.2) is 34.7 Å². The first-order valence-corrected chi connectivity index (χ1v) is 4.87. The quantitative estimate of drug-likeness (QED) is 0.824. The molecule has 4 nitrogen and oxygen atoms in total. The predicted octanol–water partition coefficient (Wildman–Crippen LogP) is 1.68. The summed E-state index contributed by atoms with van der Waals surface area (Å²) >= 11 is 0. The summed E-state index contributed by atoms with van der Waals surface area (Å²) < 4.78 is 5.40. The van der Waals surface area contributed by atoms with Gasteiger partial charge < -0.3 is 10.2 Å². The molecule has 1 atom stereocenters. The molecule has 1 heterocycles. The molecule has 1 aromatic carbocycles. The lowest BCUT2D eigenvalue weighted by molar-refractivity contribution is 0.433. The molecule has 0 radical (unpaired) electrons. The van der Waals surface area contributed by atoms with E-state index in [1.807, 2.05) is 37.3 Å². The van der Waals surface area contributed by atoms with Gasteiger partial charge in [0.05, 0.1) is 12.5 Å². The Morgan fingerprint density at radius 2 is 2.00 bits per heavy atom. The van der Waals surface area contributed by atoms with E-state index in [1.165, 1.54) is 0 Å². The molecule has 2 N–H and O–H groups in total. The average Bonchev–Trinajstić information content (AvgIpc) is 2.68. The monoisotopic (exact) mass is 203 g/mol. The zero-order valence-electron chi connectivity index (χ0n) is 8.55. The molecule has 1 aromatic heterocycles. The molecule has 0 aliphatic carbocycles. The number of hydrogen-bond acceptors (Lipinski definition) is 4. The lowest BCUT2D eigenvalue weighted by atomic mass is 10.2. The summed E-state index contributed by atoms with van der Waals surface area (Å²) in [6.07, 6.45) is 0.653. The summed E-state index contributed by atoms with van der Waals surface area (Å²) in [6.45, 7) is 1.82. The van der Waals surface area contributed by atoms with Crippen molar-refractivity contribution < 1.29 is 4.42 Å². The van der Waals surface area contributed by atoms with Gasteiger partial charge >= 0.3 is 0 Å². The first-order valence-electron chi connectivity index (χ1n) is 4.87. The second-order valence-electron chi connectivity index (χ2n) is 3.49. The van der Waals surface area contributed by atoms with E-state index >= 15 is 0 Å². The lowest BCUT2D eigenvalue weighted by Crippen LogP contribution is -2.04. The normalized spacial score (nSPS) is 12.7. The number of nitrogens with zero attached hydrogens (tertiary/aromatic N) is 2. The number of nitrogens with two attached hydrogens (primary N) is 1. The third kappa shape index (κ3) is 2.41. The van der Waals surface area contributed by atoms with Crippen LogP contribution in [0.5, 0.6) is 0 Å². The van der Waals surface area contributed by atoms with Gasteiger partial charge in [-0.05, 0) is 12.5 Å². The molecule has 0 bridgehead atoms. The molecule has 0 amide bonds. The molecule has 0 aliphatic heterocycles. The Morgan fingerprint density at radius 3 is 2.60 bits per heavy atom. The zero-order chi connectivity index (χ0) is 10.7. The van der Waals surface area contributed by atoms with Gasteiger partial charge in [0.15, 0.2) is 0 Å². The van der Waals surface area contributed by atoms with Gasteiger partial charge in [0.2, 0.25) is 11.8 Å². The van der Waals surface area contributed by atoms with E-state index in [-0.39, 0.29) is 6.04 Å². The summed E-state index contributed by atoms with van der Waals surface area (Å²) in [6, 6.07) is 9.79. The van der Waals surface area contributed by atoms with Crippen LogP contribution in [0.25, 0.3) is 0 Å². The summed E-state index contributed by atoms with van der Waals surface area (Å²) in [7, 11) is 0. The van der Waals surface area contributed by atoms with Gasteiger partial charge in [0, 0.05) is 0 Å². The van der Waals surface area contributed by atoms with Gasteiger partial charge in [-0.1, -0.05) is 30.3 Å². The topological polar surface area (TPSA) is 64.9 Å². The van der Waals surface area contributed by atoms with E-state index in [0.717, 1.165) is 5.56 Å². The van der Waals surface area contributed by atoms with Crippen LogP contribution in [-0.4, -0.2) is 10.2 Å². The molecule has 0 spiro atoms. The second-order valence-corrected chi connectivity index (χ2v) is 3.49. The maximum atomic E-state index is 5.62. The lowest BCUT2D eigenvalue weighted by Gasteiger charge is -1.96. The van der Waals surface area contributed by atoms with Crippen LogP contribution in [0.3, 0.4) is 0 Å². The molecule has 15 heavy (non-hydrogen) atoms. The van der Waals surface area contributed by atoms with E-state index in [0.29, 0.717) is 18.2 Å². The molecule has 1 unspecified atom stereocenters. The van der Waals surface area contributed by atoms with Gasteiger partial charge in [0.1, 0.15) is 0 Å². The minimum Gasteiger partial charge on any atom is -0.423 e. The maximum Gasteiger partial charge on any atom is 0.232 e. The number of hydrogen-bond donors (Lipinski definition) is 1. The molecule has 0 saturated heterocycles. The molecular formula is C11H13N3O. The van der Waals surface area contributed by atoms with Crippen LogP contribution in [0, 0.1) is 0 Å². The molecule has 0 saturated carbocycles. The summed E-state index contributed by atoms with van der Waals surface area (Å²) in [5.41, 5.74) is 6.77. The Labute approximate surface area is 88.1 Å². The molecule has 0 aliphatic rings. The van der Waals surface area contributed by atoms with Crippen molar-refractivity contribution in [3.05, 3.63) is 47.7 Å². The molecule has 78 valence electrons. The summed E-state index contributed by atoms with van der Waals surface area (Å²) in [4.78, 5) is 0. The zero-order valence-corrected chi connectivity index (χ0v) is 8.55. The van der Waals surface area contributed by atoms with Crippen molar-refractivity contribution in [3.63, 3.8) is 0 Å². The summed E-state index contributed by atoms with van der Waals surface area (Å²) in [5.74, 6) is 1.09. The van der Waals surface area contributed by atoms with Gasteiger partial charge in [-0.25, -0.2) is 0 Å². The number of benzene rings is 1. The van der Waals surface area contributed by atoms with E-state index < -0.39 is 0 Å². The van der Waals surface area contributed by atoms with Crippen molar-refractivity contribution in [2.75, 3.05) is 0 Å². The van der Waals surface area contributed by atoms with Crippen LogP contribution in [-0.2, 0) is 6.42 Å². The van der Waals surface area contributed by atoms with E-state index in [2.05, 4.69) is 10.2 Å². The molecule has 0 fully saturated rings. The summed E-state index contributed by atoms with van der Waals surface area (Å²) in [5, 5.41) is 7.81. The van der Waals surface area contributed by atoms with E-state index in [1.54, 1.807) is 0 Å². The first-order chi connectivity index (χ1) is 7.25. The maximum absolute atomic E-state index is 5.62.